The van der Waals surface area contributed by atoms with Gasteiger partial charge in [0, 0.05) is 5.56 Å². The van der Waals surface area contributed by atoms with Crippen LogP contribution in [0.5, 0.6) is 0 Å². The lowest BCUT2D eigenvalue weighted by molar-refractivity contribution is -0.0311. The van der Waals surface area contributed by atoms with Crippen molar-refractivity contribution in [1.29, 1.82) is 0 Å². The summed E-state index contributed by atoms with van der Waals surface area (Å²) in [4.78, 5) is 0. The summed E-state index contributed by atoms with van der Waals surface area (Å²) in [5.74, 6) is -1.61. The first-order valence-electron chi connectivity index (χ1n) is 7.22. The van der Waals surface area contributed by atoms with Crippen molar-refractivity contribution in [3.63, 3.8) is 0 Å². The van der Waals surface area contributed by atoms with Crippen molar-refractivity contribution in [2.24, 2.45) is 0 Å². The highest BCUT2D eigenvalue weighted by Crippen LogP contribution is 2.23. The predicted molar refractivity (Wildman–Crippen MR) is 77.7 cm³/mol. The second-order valence-corrected chi connectivity index (χ2v) is 5.57. The van der Waals surface area contributed by atoms with Crippen LogP contribution in [0.25, 0.3) is 0 Å². The molecule has 2 nitrogen and oxygen atoms in total. The molecule has 1 rings (SSSR count). The van der Waals surface area contributed by atoms with E-state index in [1.54, 1.807) is 6.07 Å². The van der Waals surface area contributed by atoms with E-state index in [0.29, 0.717) is 12.2 Å². The van der Waals surface area contributed by atoms with Crippen LogP contribution < -0.4 is 5.32 Å². The highest BCUT2D eigenvalue weighted by molar-refractivity contribution is 5.22. The normalized spacial score (nSPS) is 13.5. The maximum atomic E-state index is 13.9. The summed E-state index contributed by atoms with van der Waals surface area (Å²) in [6.07, 6.45) is 1.78. The summed E-state index contributed by atoms with van der Waals surface area (Å²) >= 11 is 0. The van der Waals surface area contributed by atoms with Crippen molar-refractivity contribution < 1.29 is 13.5 Å². The van der Waals surface area contributed by atoms with Crippen LogP contribution in [-0.4, -0.2) is 18.8 Å². The fraction of sp³-hybridized carbons (Fsp3) is 0.625. The van der Waals surface area contributed by atoms with Gasteiger partial charge in [-0.1, -0.05) is 26.0 Å². The van der Waals surface area contributed by atoms with Gasteiger partial charge < -0.3 is 10.1 Å². The van der Waals surface area contributed by atoms with E-state index in [-0.39, 0.29) is 11.6 Å². The largest absolute Gasteiger partial charge is 0.374 e. The van der Waals surface area contributed by atoms with Gasteiger partial charge in [-0.05, 0) is 39.3 Å². The fourth-order valence-corrected chi connectivity index (χ4v) is 1.78. The second kappa shape index (κ2) is 7.70. The monoisotopic (exact) mass is 285 g/mol. The van der Waals surface area contributed by atoms with Gasteiger partial charge >= 0.3 is 0 Å². The molecule has 0 aliphatic rings. The smallest absolute Gasteiger partial charge is 0.163 e. The third kappa shape index (κ3) is 4.84. The van der Waals surface area contributed by atoms with E-state index in [2.05, 4.69) is 5.32 Å². The molecular formula is C16H25F2NO. The van der Waals surface area contributed by atoms with E-state index in [1.165, 1.54) is 6.07 Å². The first-order chi connectivity index (χ1) is 9.41. The Labute approximate surface area is 120 Å². The van der Waals surface area contributed by atoms with Crippen molar-refractivity contribution in [1.82, 2.24) is 5.32 Å². The van der Waals surface area contributed by atoms with Crippen molar-refractivity contribution in [2.75, 3.05) is 13.2 Å². The highest BCUT2D eigenvalue weighted by Gasteiger charge is 2.22. The number of ether oxygens (including phenoxy) is 1. The molecule has 1 unspecified atom stereocenters. The summed E-state index contributed by atoms with van der Waals surface area (Å²) in [6, 6.07) is 3.93. The quantitative estimate of drug-likeness (QED) is 0.772. The Morgan fingerprint density at radius 1 is 1.25 bits per heavy atom. The number of benzene rings is 1. The van der Waals surface area contributed by atoms with Gasteiger partial charge in [0.15, 0.2) is 11.6 Å². The summed E-state index contributed by atoms with van der Waals surface area (Å²) < 4.78 is 33.1. The number of halogens is 2. The van der Waals surface area contributed by atoms with Crippen LogP contribution in [0.3, 0.4) is 0 Å². The van der Waals surface area contributed by atoms with Crippen LogP contribution in [-0.2, 0) is 4.74 Å². The van der Waals surface area contributed by atoms with E-state index in [1.807, 2.05) is 27.7 Å². The molecule has 0 fully saturated rings. The van der Waals surface area contributed by atoms with Crippen molar-refractivity contribution in [2.45, 2.75) is 52.2 Å². The molecule has 0 saturated carbocycles. The van der Waals surface area contributed by atoms with Crippen molar-refractivity contribution in [3.05, 3.63) is 35.4 Å². The molecule has 0 bridgehead atoms. The second-order valence-electron chi connectivity index (χ2n) is 5.57. The standard InChI is InChI=1S/C16H25F2NO/c1-5-10-19-14(11-20-16(3,4)6-2)12-8-7-9-13(17)15(12)18/h7-9,14,19H,5-6,10-11H2,1-4H3. The Morgan fingerprint density at radius 3 is 2.55 bits per heavy atom. The van der Waals surface area contributed by atoms with E-state index in [4.69, 9.17) is 4.74 Å². The zero-order chi connectivity index (χ0) is 15.2. The lowest BCUT2D eigenvalue weighted by Gasteiger charge is -2.28. The number of nitrogens with one attached hydrogen (secondary N) is 1. The molecule has 0 saturated heterocycles. The third-order valence-corrected chi connectivity index (χ3v) is 3.49. The van der Waals surface area contributed by atoms with Gasteiger partial charge in [0.1, 0.15) is 0 Å². The van der Waals surface area contributed by atoms with Crippen molar-refractivity contribution in [3.8, 4) is 0 Å². The molecule has 114 valence electrons. The molecule has 0 amide bonds. The van der Waals surface area contributed by atoms with Crippen LogP contribution in [0, 0.1) is 11.6 Å². The number of hydrogen-bond donors (Lipinski definition) is 1. The van der Waals surface area contributed by atoms with E-state index in [9.17, 15) is 8.78 Å². The summed E-state index contributed by atoms with van der Waals surface area (Å²) in [6.45, 7) is 9.11. The molecule has 0 aliphatic carbocycles. The molecule has 1 N–H and O–H groups in total. The molecule has 0 aromatic heterocycles. The summed E-state index contributed by atoms with van der Waals surface area (Å²) in [5, 5.41) is 3.22. The first-order valence-corrected chi connectivity index (χ1v) is 7.22. The van der Waals surface area contributed by atoms with Crippen LogP contribution in [0.15, 0.2) is 18.2 Å². The molecule has 0 aliphatic heterocycles. The Morgan fingerprint density at radius 2 is 1.95 bits per heavy atom. The van der Waals surface area contributed by atoms with Crippen molar-refractivity contribution >= 4 is 0 Å². The van der Waals surface area contributed by atoms with Crippen LogP contribution in [0.2, 0.25) is 0 Å². The Kier molecular flexibility index (Phi) is 6.56. The van der Waals surface area contributed by atoms with Crippen LogP contribution >= 0.6 is 0 Å². The minimum absolute atomic E-state index is 0.268. The Bertz CT molecular complexity index is 421. The minimum atomic E-state index is -0.819. The first kappa shape index (κ1) is 17.1. The molecule has 20 heavy (non-hydrogen) atoms. The third-order valence-electron chi connectivity index (χ3n) is 3.49. The van der Waals surface area contributed by atoms with Gasteiger partial charge in [-0.15, -0.1) is 0 Å². The van der Waals surface area contributed by atoms with Gasteiger partial charge in [0.2, 0.25) is 0 Å². The molecule has 1 aromatic carbocycles. The molecule has 1 atom stereocenters. The molecule has 1 aromatic rings. The van der Waals surface area contributed by atoms with E-state index in [0.717, 1.165) is 25.5 Å². The molecule has 0 heterocycles. The maximum absolute atomic E-state index is 13.9. The molecule has 4 heteroatoms. The lowest BCUT2D eigenvalue weighted by Crippen LogP contribution is -2.32. The van der Waals surface area contributed by atoms with Gasteiger partial charge in [-0.25, -0.2) is 8.78 Å². The SMILES string of the molecule is CCCNC(COC(C)(C)CC)c1cccc(F)c1F. The van der Waals surface area contributed by atoms with Crippen LogP contribution in [0.4, 0.5) is 8.78 Å². The number of rotatable bonds is 8. The molecule has 0 radical (unpaired) electrons. The predicted octanol–water partition coefficient (Wildman–Crippen LogP) is 4.21. The summed E-state index contributed by atoms with van der Waals surface area (Å²) in [5.41, 5.74) is 0.0565. The maximum Gasteiger partial charge on any atom is 0.163 e. The molecular weight excluding hydrogens is 260 g/mol. The van der Waals surface area contributed by atoms with Gasteiger partial charge in [0.05, 0.1) is 18.2 Å². The zero-order valence-electron chi connectivity index (χ0n) is 12.8. The average molecular weight is 285 g/mol. The molecule has 0 spiro atoms. The van der Waals surface area contributed by atoms with Gasteiger partial charge in [-0.3, -0.25) is 0 Å². The zero-order valence-corrected chi connectivity index (χ0v) is 12.8. The van der Waals surface area contributed by atoms with Gasteiger partial charge in [0.25, 0.3) is 0 Å². The minimum Gasteiger partial charge on any atom is -0.374 e. The van der Waals surface area contributed by atoms with E-state index < -0.39 is 11.6 Å². The Hall–Kier alpha value is -1.00. The highest BCUT2D eigenvalue weighted by atomic mass is 19.2. The summed E-state index contributed by atoms with van der Waals surface area (Å²) in [7, 11) is 0. The van der Waals surface area contributed by atoms with Gasteiger partial charge in [-0.2, -0.15) is 0 Å². The number of hydrogen-bond acceptors (Lipinski definition) is 2. The Balaban J connectivity index is 2.86. The van der Waals surface area contributed by atoms with E-state index >= 15 is 0 Å². The fourth-order valence-electron chi connectivity index (χ4n) is 1.78. The lowest BCUT2D eigenvalue weighted by atomic mass is 10.0. The average Bonchev–Trinajstić information content (AvgIpc) is 2.43. The topological polar surface area (TPSA) is 21.3 Å². The van der Waals surface area contributed by atoms with Crippen LogP contribution in [0.1, 0.15) is 52.1 Å².